The fourth-order valence-corrected chi connectivity index (χ4v) is 6.11. The molecule has 0 N–H and O–H groups in total. The first-order valence-corrected chi connectivity index (χ1v) is 13.1. The van der Waals surface area contributed by atoms with E-state index in [9.17, 15) is 22.8 Å². The Hall–Kier alpha value is -4.02. The van der Waals surface area contributed by atoms with Crippen LogP contribution in [0.15, 0.2) is 71.6 Å². The van der Waals surface area contributed by atoms with E-state index in [1.165, 1.54) is 12.1 Å². The Bertz CT molecular complexity index is 1460. The molecule has 3 aromatic carbocycles. The number of Topliss-reactive ketones (excluding diaryl/α,β-unsaturated/α-hetero) is 1. The summed E-state index contributed by atoms with van der Waals surface area (Å²) >= 11 is 0. The highest BCUT2D eigenvalue weighted by Crippen LogP contribution is 2.41. The lowest BCUT2D eigenvalue weighted by molar-refractivity contribution is -0.161. The second-order valence-corrected chi connectivity index (χ2v) is 10.7. The first-order chi connectivity index (χ1) is 18.1. The van der Waals surface area contributed by atoms with Gasteiger partial charge in [-0.25, -0.2) is 8.42 Å². The van der Waals surface area contributed by atoms with Gasteiger partial charge in [0, 0.05) is 5.56 Å². The number of benzene rings is 3. The molecular formula is C28H27NO8S. The summed E-state index contributed by atoms with van der Waals surface area (Å²) in [6.07, 6.45) is 0. The molecule has 0 aromatic heterocycles. The molecule has 0 fully saturated rings. The molecule has 198 valence electrons. The lowest BCUT2D eigenvalue weighted by atomic mass is 9.83. The largest absolute Gasteiger partial charge is 0.497 e. The highest BCUT2D eigenvalue weighted by molar-refractivity contribution is 7.89. The van der Waals surface area contributed by atoms with E-state index in [4.69, 9.17) is 14.2 Å². The predicted molar refractivity (Wildman–Crippen MR) is 138 cm³/mol. The van der Waals surface area contributed by atoms with Crippen molar-refractivity contribution < 1.29 is 37.0 Å². The molecule has 0 radical (unpaired) electrons. The third-order valence-corrected chi connectivity index (χ3v) is 8.40. The zero-order valence-electron chi connectivity index (χ0n) is 21.3. The summed E-state index contributed by atoms with van der Waals surface area (Å²) in [4.78, 5) is 39.0. The zero-order chi connectivity index (χ0) is 27.6. The van der Waals surface area contributed by atoms with Crippen molar-refractivity contribution in [3.63, 3.8) is 0 Å². The minimum atomic E-state index is -4.34. The average molecular weight is 538 g/mol. The van der Waals surface area contributed by atoms with E-state index in [2.05, 4.69) is 0 Å². The highest BCUT2D eigenvalue weighted by atomic mass is 32.2. The molecule has 38 heavy (non-hydrogen) atoms. The maximum absolute atomic E-state index is 13.9. The van der Waals surface area contributed by atoms with Gasteiger partial charge in [0.05, 0.1) is 38.8 Å². The molecule has 0 spiro atoms. The van der Waals surface area contributed by atoms with Crippen molar-refractivity contribution in [2.24, 2.45) is 5.92 Å². The first kappa shape index (κ1) is 27.0. The average Bonchev–Trinajstić information content (AvgIpc) is 2.93. The molecule has 1 unspecified atom stereocenters. The Kier molecular flexibility index (Phi) is 7.66. The molecule has 1 heterocycles. The molecule has 10 heteroatoms. The van der Waals surface area contributed by atoms with Gasteiger partial charge < -0.3 is 14.2 Å². The Labute approximate surface area is 221 Å². The monoisotopic (exact) mass is 537 g/mol. The van der Waals surface area contributed by atoms with E-state index in [0.717, 1.165) is 29.7 Å². The molecule has 0 saturated carbocycles. The van der Waals surface area contributed by atoms with Gasteiger partial charge in [0.1, 0.15) is 5.75 Å². The Balaban J connectivity index is 1.95. The second-order valence-electron chi connectivity index (χ2n) is 8.79. The van der Waals surface area contributed by atoms with Gasteiger partial charge in [-0.05, 0) is 53.9 Å². The van der Waals surface area contributed by atoms with Crippen LogP contribution < -0.4 is 4.74 Å². The van der Waals surface area contributed by atoms with Crippen molar-refractivity contribution >= 4 is 27.7 Å². The number of hydrogen-bond donors (Lipinski definition) is 0. The molecular weight excluding hydrogens is 510 g/mol. The van der Waals surface area contributed by atoms with Crippen LogP contribution in [0.3, 0.4) is 0 Å². The van der Waals surface area contributed by atoms with Crippen LogP contribution in [0.2, 0.25) is 0 Å². The summed E-state index contributed by atoms with van der Waals surface area (Å²) in [6.45, 7) is 1.24. The van der Waals surface area contributed by atoms with Gasteiger partial charge in [-0.3, -0.25) is 14.4 Å². The van der Waals surface area contributed by atoms with Crippen LogP contribution in [-0.2, 0) is 29.1 Å². The normalized spacial score (nSPS) is 15.6. The number of ketones is 1. The SMILES string of the molecule is COC(=O)C(C(=O)OC)C1c2cc(-c3ccc(OC)cc3)ccc2C(=O)CN1S(=O)(=O)c1ccc(C)cc1. The minimum Gasteiger partial charge on any atom is -0.497 e. The summed E-state index contributed by atoms with van der Waals surface area (Å²) in [6, 6.07) is 16.7. The number of carbonyl (C=O) groups is 3. The van der Waals surface area contributed by atoms with Crippen molar-refractivity contribution in [2.75, 3.05) is 27.9 Å². The van der Waals surface area contributed by atoms with Crippen molar-refractivity contribution in [3.05, 3.63) is 83.4 Å². The van der Waals surface area contributed by atoms with Crippen LogP contribution in [0.4, 0.5) is 0 Å². The number of sulfonamides is 1. The van der Waals surface area contributed by atoms with Crippen LogP contribution in [-0.4, -0.2) is 58.3 Å². The van der Waals surface area contributed by atoms with Gasteiger partial charge in [-0.1, -0.05) is 42.0 Å². The topological polar surface area (TPSA) is 116 Å². The van der Waals surface area contributed by atoms with E-state index in [1.54, 1.807) is 61.7 Å². The molecule has 1 aliphatic heterocycles. The van der Waals surface area contributed by atoms with E-state index in [1.807, 2.05) is 6.92 Å². The molecule has 0 saturated heterocycles. The number of methoxy groups -OCH3 is 3. The number of fused-ring (bicyclic) bond motifs is 1. The number of carbonyl (C=O) groups excluding carboxylic acids is 3. The second kappa shape index (κ2) is 10.8. The van der Waals surface area contributed by atoms with Crippen LogP contribution in [0.5, 0.6) is 5.75 Å². The van der Waals surface area contributed by atoms with Gasteiger partial charge in [-0.2, -0.15) is 4.31 Å². The Morgan fingerprint density at radius 2 is 1.45 bits per heavy atom. The smallest absolute Gasteiger partial charge is 0.322 e. The van der Waals surface area contributed by atoms with Crippen LogP contribution >= 0.6 is 0 Å². The van der Waals surface area contributed by atoms with Crippen molar-refractivity contribution in [1.29, 1.82) is 0 Å². The number of esters is 2. The summed E-state index contributed by atoms with van der Waals surface area (Å²) in [7, 11) is -0.596. The summed E-state index contributed by atoms with van der Waals surface area (Å²) in [5.41, 5.74) is 2.65. The molecule has 0 amide bonds. The zero-order valence-corrected chi connectivity index (χ0v) is 22.2. The number of rotatable bonds is 7. The van der Waals surface area contributed by atoms with Gasteiger partial charge >= 0.3 is 11.9 Å². The molecule has 0 bridgehead atoms. The maximum Gasteiger partial charge on any atom is 0.322 e. The molecule has 3 aromatic rings. The molecule has 0 aliphatic carbocycles. The van der Waals surface area contributed by atoms with E-state index >= 15 is 0 Å². The Morgan fingerprint density at radius 1 is 0.868 bits per heavy atom. The van der Waals surface area contributed by atoms with E-state index < -0.39 is 46.2 Å². The third kappa shape index (κ3) is 4.92. The van der Waals surface area contributed by atoms with E-state index in [-0.39, 0.29) is 16.0 Å². The fraction of sp³-hybridized carbons (Fsp3) is 0.250. The molecule has 9 nitrogen and oxygen atoms in total. The number of hydrogen-bond acceptors (Lipinski definition) is 8. The number of nitrogens with zero attached hydrogens (tertiary/aromatic N) is 1. The van der Waals surface area contributed by atoms with Gasteiger partial charge in [0.15, 0.2) is 11.7 Å². The molecule has 4 rings (SSSR count). The third-order valence-electron chi connectivity index (χ3n) is 6.56. The molecule has 1 atom stereocenters. The minimum absolute atomic E-state index is 0.0795. The maximum atomic E-state index is 13.9. The lowest BCUT2D eigenvalue weighted by Gasteiger charge is -2.38. The van der Waals surface area contributed by atoms with Crippen molar-refractivity contribution in [3.8, 4) is 16.9 Å². The van der Waals surface area contributed by atoms with Crippen LogP contribution in [0.25, 0.3) is 11.1 Å². The van der Waals surface area contributed by atoms with Crippen molar-refractivity contribution in [2.45, 2.75) is 17.9 Å². The number of ether oxygens (including phenoxy) is 3. The summed E-state index contributed by atoms with van der Waals surface area (Å²) in [5, 5.41) is 0. The summed E-state index contributed by atoms with van der Waals surface area (Å²) in [5.74, 6) is -3.47. The first-order valence-electron chi connectivity index (χ1n) is 11.7. The lowest BCUT2D eigenvalue weighted by Crippen LogP contribution is -2.49. The van der Waals surface area contributed by atoms with Crippen LogP contribution in [0, 0.1) is 12.8 Å². The van der Waals surface area contributed by atoms with Gasteiger partial charge in [-0.15, -0.1) is 0 Å². The fourth-order valence-electron chi connectivity index (χ4n) is 4.54. The predicted octanol–water partition coefficient (Wildman–Crippen LogP) is 3.56. The summed E-state index contributed by atoms with van der Waals surface area (Å²) < 4.78 is 43.6. The van der Waals surface area contributed by atoms with Gasteiger partial charge in [0.2, 0.25) is 10.0 Å². The highest BCUT2D eigenvalue weighted by Gasteiger charge is 2.49. The Morgan fingerprint density at radius 3 is 2.00 bits per heavy atom. The standard InChI is InChI=1S/C28H27NO8S/c1-17-5-12-21(13-6-17)38(33,34)29-16-24(30)22-14-9-19(18-7-10-20(35-2)11-8-18)15-23(22)26(29)25(27(31)36-3)28(32)37-4/h5-15,25-26H,16H2,1-4H3. The van der Waals surface area contributed by atoms with Gasteiger partial charge in [0.25, 0.3) is 0 Å². The molecule has 1 aliphatic rings. The number of aryl methyl sites for hydroxylation is 1. The van der Waals surface area contributed by atoms with Crippen LogP contribution in [0.1, 0.15) is 27.5 Å². The quantitative estimate of drug-likeness (QED) is 0.332. The van der Waals surface area contributed by atoms with E-state index in [0.29, 0.717) is 11.3 Å². The van der Waals surface area contributed by atoms with Crippen molar-refractivity contribution in [1.82, 2.24) is 4.31 Å².